The molecule has 0 unspecified atom stereocenters. The van der Waals surface area contributed by atoms with Gasteiger partial charge in [-0.3, -0.25) is 4.57 Å². The highest BCUT2D eigenvalue weighted by Crippen LogP contribution is 2.48. The van der Waals surface area contributed by atoms with Crippen molar-refractivity contribution in [3.63, 3.8) is 0 Å². The molecule has 1 aliphatic rings. The standard InChI is InChI=1S/C41H38O3PS2/c1-5-43-45(42,44-6-2)36-22-20-35(21-23-36)39-26-31(25-37(46-39)33-16-9-7-10-17-33)24-32-27-38(34-18-11-8-12-19-34)47-40(28-32)41-29(3)14-13-15-30(41)4/h7-28H,5-6H2,1-4H3/q+1. The second-order valence-electron chi connectivity index (χ2n) is 11.3. The molecule has 0 saturated heterocycles. The van der Waals surface area contributed by atoms with E-state index in [2.05, 4.69) is 117 Å². The molecule has 1 aromatic heterocycles. The largest absolute Gasteiger partial charge is 0.361 e. The van der Waals surface area contributed by atoms with Crippen LogP contribution in [0, 0.1) is 13.8 Å². The summed E-state index contributed by atoms with van der Waals surface area (Å²) in [7, 11) is -3.37. The highest BCUT2D eigenvalue weighted by atomic mass is 32.2. The molecule has 6 rings (SSSR count). The van der Waals surface area contributed by atoms with Gasteiger partial charge in [0.25, 0.3) is 0 Å². The van der Waals surface area contributed by atoms with Crippen molar-refractivity contribution in [1.29, 1.82) is 0 Å². The van der Waals surface area contributed by atoms with Crippen LogP contribution in [0.3, 0.4) is 0 Å². The van der Waals surface area contributed by atoms with Crippen molar-refractivity contribution in [3.8, 4) is 20.9 Å². The van der Waals surface area contributed by atoms with Crippen LogP contribution in [-0.4, -0.2) is 13.2 Å². The van der Waals surface area contributed by atoms with Gasteiger partial charge in [-0.05, 0) is 116 Å². The zero-order valence-electron chi connectivity index (χ0n) is 27.1. The molecule has 0 bridgehead atoms. The van der Waals surface area contributed by atoms with Gasteiger partial charge in [0.2, 0.25) is 21.1 Å². The first-order valence-electron chi connectivity index (χ1n) is 15.9. The van der Waals surface area contributed by atoms with Crippen LogP contribution in [0.4, 0.5) is 0 Å². The van der Waals surface area contributed by atoms with Crippen LogP contribution in [0.5, 0.6) is 0 Å². The molecule has 236 valence electrons. The van der Waals surface area contributed by atoms with Crippen LogP contribution >= 0.6 is 30.7 Å². The molecule has 1 aliphatic heterocycles. The molecule has 6 heteroatoms. The molecule has 4 aromatic carbocycles. The van der Waals surface area contributed by atoms with Crippen molar-refractivity contribution in [2.45, 2.75) is 27.7 Å². The Hall–Kier alpha value is -3.83. The van der Waals surface area contributed by atoms with Crippen molar-refractivity contribution in [2.24, 2.45) is 0 Å². The highest BCUT2D eigenvalue weighted by Gasteiger charge is 2.27. The van der Waals surface area contributed by atoms with E-state index in [-0.39, 0.29) is 0 Å². The van der Waals surface area contributed by atoms with Gasteiger partial charge in [0, 0.05) is 33.1 Å². The Kier molecular flexibility index (Phi) is 10.5. The zero-order valence-corrected chi connectivity index (χ0v) is 29.6. The van der Waals surface area contributed by atoms with Crippen LogP contribution in [0.2, 0.25) is 0 Å². The van der Waals surface area contributed by atoms with Crippen LogP contribution in [0.15, 0.2) is 133 Å². The summed E-state index contributed by atoms with van der Waals surface area (Å²) in [5, 5.41) is 0.568. The van der Waals surface area contributed by atoms with Crippen molar-refractivity contribution >= 4 is 51.9 Å². The average Bonchev–Trinajstić information content (AvgIpc) is 3.09. The number of rotatable bonds is 10. The average molecular weight is 674 g/mol. The fourth-order valence-electron chi connectivity index (χ4n) is 5.70. The van der Waals surface area contributed by atoms with Crippen LogP contribution in [-0.2, 0) is 13.6 Å². The summed E-state index contributed by atoms with van der Waals surface area (Å²) in [6, 6.07) is 39.9. The highest BCUT2D eigenvalue weighted by molar-refractivity contribution is 8.16. The van der Waals surface area contributed by atoms with Gasteiger partial charge >= 0.3 is 7.60 Å². The maximum atomic E-state index is 13.4. The Bertz CT molecular complexity index is 1980. The van der Waals surface area contributed by atoms with Crippen molar-refractivity contribution < 1.29 is 13.6 Å². The van der Waals surface area contributed by atoms with Crippen molar-refractivity contribution in [1.82, 2.24) is 0 Å². The minimum Gasteiger partial charge on any atom is -0.305 e. The Labute approximate surface area is 286 Å². The third-order valence-electron chi connectivity index (χ3n) is 7.87. The van der Waals surface area contributed by atoms with Gasteiger partial charge in [0.1, 0.15) is 0 Å². The van der Waals surface area contributed by atoms with Crippen molar-refractivity contribution in [3.05, 3.63) is 161 Å². The summed E-state index contributed by atoms with van der Waals surface area (Å²) >= 11 is 3.57. The lowest BCUT2D eigenvalue weighted by Gasteiger charge is -2.20. The third-order valence-corrected chi connectivity index (χ3v) is 12.3. The number of hydrogen-bond donors (Lipinski definition) is 0. The number of allylic oxidation sites excluding steroid dienone is 3. The summed E-state index contributed by atoms with van der Waals surface area (Å²) in [5.74, 6) is 0. The Morgan fingerprint density at radius 2 is 1.19 bits per heavy atom. The normalized spacial score (nSPS) is 14.2. The maximum absolute atomic E-state index is 13.4. The first kappa shape index (κ1) is 33.1. The molecule has 3 nitrogen and oxygen atoms in total. The number of benzene rings is 4. The Morgan fingerprint density at radius 3 is 1.77 bits per heavy atom. The van der Waals surface area contributed by atoms with E-state index in [0.29, 0.717) is 18.5 Å². The van der Waals surface area contributed by atoms with E-state index in [9.17, 15) is 4.57 Å². The van der Waals surface area contributed by atoms with E-state index < -0.39 is 7.60 Å². The Balaban J connectivity index is 1.48. The SMILES string of the molecule is CCOP(=O)(OCC)c1ccc(-c2cc(/C=C3/C=C(c4ccccc4)SC(c4c(C)cccc4C)=C3)cc(-c3ccccc3)[s+]2)cc1. The quantitative estimate of drug-likeness (QED) is 0.109. The minimum absolute atomic E-state index is 0.316. The molecule has 0 N–H and O–H groups in total. The molecule has 47 heavy (non-hydrogen) atoms. The van der Waals surface area contributed by atoms with E-state index in [1.54, 1.807) is 11.3 Å². The first-order chi connectivity index (χ1) is 22.9. The van der Waals surface area contributed by atoms with E-state index in [4.69, 9.17) is 9.05 Å². The predicted molar refractivity (Wildman–Crippen MR) is 204 cm³/mol. The van der Waals surface area contributed by atoms with Crippen LogP contribution < -0.4 is 5.30 Å². The van der Waals surface area contributed by atoms with Gasteiger partial charge in [0.05, 0.1) is 18.5 Å². The molecule has 0 atom stereocenters. The van der Waals surface area contributed by atoms with Gasteiger partial charge in [-0.1, -0.05) is 78.5 Å². The van der Waals surface area contributed by atoms with Gasteiger partial charge in [0.15, 0.2) is 0 Å². The smallest absolute Gasteiger partial charge is 0.305 e. The van der Waals surface area contributed by atoms with Crippen LogP contribution in [0.25, 0.3) is 36.8 Å². The molecule has 0 amide bonds. The lowest BCUT2D eigenvalue weighted by molar-refractivity contribution is 0.230. The summed E-state index contributed by atoms with van der Waals surface area (Å²) in [5.41, 5.74) is 9.51. The second kappa shape index (κ2) is 14.9. The first-order valence-corrected chi connectivity index (χ1v) is 19.0. The summed E-state index contributed by atoms with van der Waals surface area (Å²) in [4.78, 5) is 4.76. The molecule has 0 aliphatic carbocycles. The fraction of sp³-hybridized carbons (Fsp3) is 0.146. The van der Waals surface area contributed by atoms with Gasteiger partial charge < -0.3 is 9.05 Å². The predicted octanol–water partition coefficient (Wildman–Crippen LogP) is 12.1. The van der Waals surface area contributed by atoms with E-state index in [0.717, 1.165) is 21.6 Å². The molecular formula is C41H38O3PS2+. The topological polar surface area (TPSA) is 35.5 Å². The number of thioether (sulfide) groups is 1. The fourth-order valence-corrected chi connectivity index (χ4v) is 9.70. The number of aryl methyl sites for hydroxylation is 2. The van der Waals surface area contributed by atoms with Crippen molar-refractivity contribution in [2.75, 3.05) is 13.2 Å². The second-order valence-corrected chi connectivity index (χ2v) is 15.5. The van der Waals surface area contributed by atoms with Gasteiger partial charge in [-0.25, -0.2) is 0 Å². The van der Waals surface area contributed by atoms with Gasteiger partial charge in [-0.2, -0.15) is 0 Å². The molecular weight excluding hydrogens is 636 g/mol. The molecule has 0 saturated carbocycles. The maximum Gasteiger partial charge on any atom is 0.361 e. The van der Waals surface area contributed by atoms with Gasteiger partial charge in [-0.15, -0.1) is 0 Å². The summed E-state index contributed by atoms with van der Waals surface area (Å²) in [6.45, 7) is 8.68. The third kappa shape index (κ3) is 7.67. The molecule has 0 fully saturated rings. The van der Waals surface area contributed by atoms with Crippen LogP contribution in [0.1, 0.15) is 41.7 Å². The zero-order chi connectivity index (χ0) is 32.8. The summed E-state index contributed by atoms with van der Waals surface area (Å²) in [6.07, 6.45) is 6.90. The lowest BCUT2D eigenvalue weighted by Crippen LogP contribution is -2.10. The van der Waals surface area contributed by atoms with E-state index >= 15 is 0 Å². The molecule has 0 spiro atoms. The Morgan fingerprint density at radius 1 is 0.660 bits per heavy atom. The lowest BCUT2D eigenvalue weighted by atomic mass is 10.00. The van der Waals surface area contributed by atoms with E-state index in [1.807, 2.05) is 55.9 Å². The molecule has 0 radical (unpaired) electrons. The monoisotopic (exact) mass is 673 g/mol. The number of hydrogen-bond acceptors (Lipinski definition) is 4. The summed E-state index contributed by atoms with van der Waals surface area (Å²) < 4.78 is 24.6. The minimum atomic E-state index is -3.37. The molecule has 2 heterocycles. The molecule has 5 aromatic rings. The van der Waals surface area contributed by atoms with E-state index in [1.165, 1.54) is 42.5 Å².